The highest BCUT2D eigenvalue weighted by Crippen LogP contribution is 2.90. The fourth-order valence-electron chi connectivity index (χ4n) is 11.4. The number of aliphatic hydroxyl groups is 4. The van der Waals surface area contributed by atoms with Crippen molar-refractivity contribution in [3.8, 4) is 0 Å². The molecule has 12 atom stereocenters. The maximum absolute atomic E-state index is 12.4. The first kappa shape index (κ1) is 28.3. The monoisotopic (exact) mass is 520 g/mol. The Morgan fingerprint density at radius 3 is 2.00 bits per heavy atom. The molecule has 214 valence electrons. The molecule has 1 aliphatic heterocycles. The molecule has 5 heteroatoms. The Hall–Kier alpha value is -0.200. The molecule has 1 heterocycles. The first-order chi connectivity index (χ1) is 16.9. The van der Waals surface area contributed by atoms with Gasteiger partial charge in [-0.15, -0.1) is 0 Å². The Balaban J connectivity index is 1.50. The Bertz CT molecular complexity index is 892. The summed E-state index contributed by atoms with van der Waals surface area (Å²) in [6, 6.07) is 0. The van der Waals surface area contributed by atoms with Gasteiger partial charge in [0, 0.05) is 5.41 Å². The van der Waals surface area contributed by atoms with Crippen LogP contribution in [-0.2, 0) is 4.74 Å². The zero-order valence-electron chi connectivity index (χ0n) is 25.1. The van der Waals surface area contributed by atoms with Crippen molar-refractivity contribution in [2.45, 2.75) is 150 Å². The van der Waals surface area contributed by atoms with Crippen LogP contribution in [0.5, 0.6) is 0 Å². The third-order valence-electron chi connectivity index (χ3n) is 13.9. The van der Waals surface area contributed by atoms with Gasteiger partial charge in [-0.2, -0.15) is 0 Å². The Morgan fingerprint density at radius 2 is 1.38 bits per heavy atom. The standard InChI is InChI=1S/C32H56O5/c1-18-16-20(25(34)29(7,8)36)37-21(17-18)26(35)30(9)23-11-10-22-28(5,6)24(33)12-13-31(22)19(2)32(23,31)15-14-27(30,3)4/h18-26,33-36H,10-17H2,1-9H3/t18-,19-,20-,21+,22+,23+,24+,25+,26+,30-,31-,32+/m1/s1. The molecule has 0 bridgehead atoms. The minimum absolute atomic E-state index is 0.0449. The van der Waals surface area contributed by atoms with E-state index < -0.39 is 23.9 Å². The van der Waals surface area contributed by atoms with Crippen LogP contribution in [0.4, 0.5) is 0 Å². The normalized spacial score (nSPS) is 52.3. The van der Waals surface area contributed by atoms with E-state index >= 15 is 0 Å². The van der Waals surface area contributed by atoms with Gasteiger partial charge in [-0.05, 0) is 111 Å². The van der Waals surface area contributed by atoms with Crippen molar-refractivity contribution in [1.82, 2.24) is 0 Å². The van der Waals surface area contributed by atoms with Crippen LogP contribution in [0.3, 0.4) is 0 Å². The Labute approximate surface area is 225 Å². The molecule has 2 spiro atoms. The molecule has 4 N–H and O–H groups in total. The van der Waals surface area contributed by atoms with Gasteiger partial charge >= 0.3 is 0 Å². The summed E-state index contributed by atoms with van der Waals surface area (Å²) in [6.07, 6.45) is 5.36. The minimum Gasteiger partial charge on any atom is -0.393 e. The third-order valence-corrected chi connectivity index (χ3v) is 13.9. The van der Waals surface area contributed by atoms with E-state index in [9.17, 15) is 20.4 Å². The van der Waals surface area contributed by atoms with Crippen LogP contribution in [0, 0.1) is 50.7 Å². The van der Waals surface area contributed by atoms with Crippen LogP contribution in [0.2, 0.25) is 0 Å². The smallest absolute Gasteiger partial charge is 0.108 e. The first-order valence-electron chi connectivity index (χ1n) is 15.3. The van der Waals surface area contributed by atoms with Crippen LogP contribution >= 0.6 is 0 Å². The van der Waals surface area contributed by atoms with Gasteiger partial charge in [0.25, 0.3) is 0 Å². The van der Waals surface area contributed by atoms with Crippen LogP contribution in [0.25, 0.3) is 0 Å². The molecule has 0 aromatic carbocycles. The molecule has 37 heavy (non-hydrogen) atoms. The van der Waals surface area contributed by atoms with Crippen LogP contribution in [-0.4, -0.2) is 56.5 Å². The van der Waals surface area contributed by atoms with E-state index in [1.54, 1.807) is 13.8 Å². The van der Waals surface area contributed by atoms with Crippen molar-refractivity contribution in [3.05, 3.63) is 0 Å². The molecule has 1 saturated heterocycles. The summed E-state index contributed by atoms with van der Waals surface area (Å²) < 4.78 is 6.53. The highest BCUT2D eigenvalue weighted by Gasteiger charge is 2.85. The SMILES string of the molecule is C[C@H]1C[C@@H]([C@H](O)[C@@]2(C)[C@@H]3CC[C@H]4C(C)(C)[C@@H](O)CC[C@@]45[C@@H](C)[C@@]35CCC2(C)C)O[C@@H]([C@H](O)C(C)(C)O)C1. The Kier molecular flexibility index (Phi) is 6.44. The molecule has 4 aliphatic carbocycles. The second kappa shape index (κ2) is 8.41. The highest BCUT2D eigenvalue weighted by molar-refractivity contribution is 5.33. The van der Waals surface area contributed by atoms with Crippen LogP contribution in [0.1, 0.15) is 114 Å². The van der Waals surface area contributed by atoms with Gasteiger partial charge < -0.3 is 25.2 Å². The van der Waals surface area contributed by atoms with Crippen molar-refractivity contribution in [2.24, 2.45) is 50.7 Å². The lowest BCUT2D eigenvalue weighted by molar-refractivity contribution is -0.246. The van der Waals surface area contributed by atoms with E-state index in [0.29, 0.717) is 30.1 Å². The van der Waals surface area contributed by atoms with E-state index in [-0.39, 0.29) is 39.3 Å². The molecule has 0 amide bonds. The molecule has 5 rings (SSSR count). The number of aliphatic hydroxyl groups excluding tert-OH is 3. The lowest BCUT2D eigenvalue weighted by Gasteiger charge is -2.65. The molecular weight excluding hydrogens is 464 g/mol. The fourth-order valence-corrected chi connectivity index (χ4v) is 11.4. The van der Waals surface area contributed by atoms with Gasteiger partial charge in [-0.25, -0.2) is 0 Å². The molecule has 0 aromatic rings. The first-order valence-corrected chi connectivity index (χ1v) is 15.3. The number of hydrogen-bond donors (Lipinski definition) is 4. The number of rotatable bonds is 4. The van der Waals surface area contributed by atoms with Crippen molar-refractivity contribution in [2.75, 3.05) is 0 Å². The topological polar surface area (TPSA) is 90.2 Å². The predicted octanol–water partition coefficient (Wildman–Crippen LogP) is 5.32. The predicted molar refractivity (Wildman–Crippen MR) is 146 cm³/mol. The maximum atomic E-state index is 12.4. The zero-order valence-corrected chi connectivity index (χ0v) is 25.1. The van der Waals surface area contributed by atoms with Crippen LogP contribution in [0.15, 0.2) is 0 Å². The summed E-state index contributed by atoms with van der Waals surface area (Å²) in [4.78, 5) is 0. The zero-order chi connectivity index (χ0) is 27.6. The molecule has 5 fully saturated rings. The average molecular weight is 521 g/mol. The number of ether oxygens (including phenoxy) is 1. The summed E-state index contributed by atoms with van der Waals surface area (Å²) in [5.74, 6) is 1.87. The van der Waals surface area contributed by atoms with Gasteiger partial charge in [0.05, 0.1) is 30.0 Å². The largest absolute Gasteiger partial charge is 0.393 e. The molecule has 0 unspecified atom stereocenters. The van der Waals surface area contributed by atoms with Crippen molar-refractivity contribution >= 4 is 0 Å². The van der Waals surface area contributed by atoms with Crippen molar-refractivity contribution in [3.63, 3.8) is 0 Å². The summed E-state index contributed by atoms with van der Waals surface area (Å²) in [5.41, 5.74) is -1.18. The van der Waals surface area contributed by atoms with Gasteiger partial charge in [-0.1, -0.05) is 48.5 Å². The molecule has 4 saturated carbocycles. The van der Waals surface area contributed by atoms with E-state index in [1.807, 2.05) is 0 Å². The summed E-state index contributed by atoms with van der Waals surface area (Å²) >= 11 is 0. The van der Waals surface area contributed by atoms with Gasteiger partial charge in [0.1, 0.15) is 6.10 Å². The fraction of sp³-hybridized carbons (Fsp3) is 1.00. The third kappa shape index (κ3) is 3.52. The maximum Gasteiger partial charge on any atom is 0.108 e. The van der Waals surface area contributed by atoms with Crippen molar-refractivity contribution in [1.29, 1.82) is 0 Å². The summed E-state index contributed by atoms with van der Waals surface area (Å²) in [5, 5.41) is 44.8. The van der Waals surface area contributed by atoms with Crippen LogP contribution < -0.4 is 0 Å². The quantitative estimate of drug-likeness (QED) is 0.403. The summed E-state index contributed by atoms with van der Waals surface area (Å²) in [6.45, 7) is 19.6. The molecule has 5 nitrogen and oxygen atoms in total. The molecule has 0 aromatic heterocycles. The second-order valence-electron chi connectivity index (χ2n) is 16.4. The van der Waals surface area contributed by atoms with Gasteiger partial charge in [0.15, 0.2) is 0 Å². The summed E-state index contributed by atoms with van der Waals surface area (Å²) in [7, 11) is 0. The van der Waals surface area contributed by atoms with E-state index in [4.69, 9.17) is 4.74 Å². The average Bonchev–Trinajstić information content (AvgIpc) is 3.34. The lowest BCUT2D eigenvalue weighted by atomic mass is 9.41. The van der Waals surface area contributed by atoms with E-state index in [0.717, 1.165) is 38.5 Å². The van der Waals surface area contributed by atoms with Crippen molar-refractivity contribution < 1.29 is 25.2 Å². The van der Waals surface area contributed by atoms with E-state index in [2.05, 4.69) is 48.5 Å². The highest BCUT2D eigenvalue weighted by atomic mass is 16.5. The Morgan fingerprint density at radius 1 is 0.811 bits per heavy atom. The van der Waals surface area contributed by atoms with Gasteiger partial charge in [-0.3, -0.25) is 0 Å². The minimum atomic E-state index is -1.25. The lowest BCUT2D eigenvalue weighted by Crippen LogP contribution is -2.64. The molecular formula is C32H56O5. The molecule has 5 aliphatic rings. The second-order valence-corrected chi connectivity index (χ2v) is 16.4. The van der Waals surface area contributed by atoms with Gasteiger partial charge in [0.2, 0.25) is 0 Å². The molecule has 0 radical (unpaired) electrons. The number of hydrogen-bond acceptors (Lipinski definition) is 5. The van der Waals surface area contributed by atoms with E-state index in [1.165, 1.54) is 6.42 Å².